The smallest absolute Gasteiger partial charge is 0.224 e. The fourth-order valence-electron chi connectivity index (χ4n) is 2.94. The van der Waals surface area contributed by atoms with Crippen molar-refractivity contribution in [3.63, 3.8) is 0 Å². The number of anilines is 1. The Balaban J connectivity index is 1.43. The summed E-state index contributed by atoms with van der Waals surface area (Å²) in [4.78, 5) is 24.1. The first kappa shape index (κ1) is 20.0. The van der Waals surface area contributed by atoms with Gasteiger partial charge in [-0.05, 0) is 67.8 Å². The number of hydrogen-bond donors (Lipinski definition) is 2. The molecule has 0 fully saturated rings. The lowest BCUT2D eigenvalue weighted by Gasteiger charge is -2.07. The molecule has 0 saturated heterocycles. The molecule has 3 aromatic rings. The SMILES string of the molecule is Cc1cc2occ(CC(=O)NCCCC(=O)Nc3ccc(Cl)cc3)c2cc1C. The normalized spacial score (nSPS) is 10.8. The van der Waals surface area contributed by atoms with Crippen molar-refractivity contribution in [3.05, 3.63) is 64.4 Å². The number of aryl methyl sites for hydroxylation is 2. The number of carbonyl (C=O) groups excluding carboxylic acids is 2. The highest BCUT2D eigenvalue weighted by atomic mass is 35.5. The average Bonchev–Trinajstić information content (AvgIpc) is 3.03. The Bertz CT molecular complexity index is 993. The fraction of sp³-hybridized carbons (Fsp3) is 0.273. The van der Waals surface area contributed by atoms with Gasteiger partial charge in [0.15, 0.2) is 0 Å². The van der Waals surface area contributed by atoms with Gasteiger partial charge in [-0.2, -0.15) is 0 Å². The Morgan fingerprint density at radius 2 is 1.75 bits per heavy atom. The van der Waals surface area contributed by atoms with Gasteiger partial charge in [-0.15, -0.1) is 0 Å². The van der Waals surface area contributed by atoms with E-state index in [1.54, 1.807) is 30.5 Å². The lowest BCUT2D eigenvalue weighted by molar-refractivity contribution is -0.121. The summed E-state index contributed by atoms with van der Waals surface area (Å²) in [5.74, 6) is -0.178. The molecule has 0 aliphatic rings. The predicted octanol–water partition coefficient (Wildman–Crippen LogP) is 4.78. The molecular weight excluding hydrogens is 376 g/mol. The first-order chi connectivity index (χ1) is 13.4. The van der Waals surface area contributed by atoms with Crippen molar-refractivity contribution >= 4 is 40.1 Å². The number of halogens is 1. The van der Waals surface area contributed by atoms with E-state index in [2.05, 4.69) is 16.7 Å². The second-order valence-corrected chi connectivity index (χ2v) is 7.32. The van der Waals surface area contributed by atoms with Gasteiger partial charge in [0.25, 0.3) is 0 Å². The van der Waals surface area contributed by atoms with Gasteiger partial charge in [-0.25, -0.2) is 0 Å². The van der Waals surface area contributed by atoms with E-state index in [0.717, 1.165) is 22.1 Å². The molecule has 0 radical (unpaired) electrons. The van der Waals surface area contributed by atoms with Crippen LogP contribution in [0.25, 0.3) is 11.0 Å². The molecule has 0 spiro atoms. The van der Waals surface area contributed by atoms with Gasteiger partial charge in [0.1, 0.15) is 5.58 Å². The van der Waals surface area contributed by atoms with E-state index >= 15 is 0 Å². The van der Waals surface area contributed by atoms with Crippen molar-refractivity contribution in [3.8, 4) is 0 Å². The maximum absolute atomic E-state index is 12.2. The van der Waals surface area contributed by atoms with Crippen molar-refractivity contribution in [1.29, 1.82) is 0 Å². The molecule has 5 nitrogen and oxygen atoms in total. The second-order valence-electron chi connectivity index (χ2n) is 6.88. The summed E-state index contributed by atoms with van der Waals surface area (Å²) >= 11 is 5.82. The topological polar surface area (TPSA) is 71.3 Å². The van der Waals surface area contributed by atoms with Crippen LogP contribution in [0, 0.1) is 13.8 Å². The molecule has 2 aromatic carbocycles. The minimum Gasteiger partial charge on any atom is -0.464 e. The molecule has 2 amide bonds. The molecular formula is C22H23ClN2O3. The number of fused-ring (bicyclic) bond motifs is 1. The van der Waals surface area contributed by atoms with Crippen LogP contribution in [-0.2, 0) is 16.0 Å². The molecule has 0 aliphatic heterocycles. The van der Waals surface area contributed by atoms with Crippen LogP contribution in [-0.4, -0.2) is 18.4 Å². The van der Waals surface area contributed by atoms with Gasteiger partial charge in [0.2, 0.25) is 11.8 Å². The molecule has 1 aromatic heterocycles. The van der Waals surface area contributed by atoms with E-state index in [1.807, 2.05) is 19.9 Å². The molecule has 0 bridgehead atoms. The van der Waals surface area contributed by atoms with Crippen LogP contribution in [0.15, 0.2) is 47.1 Å². The third kappa shape index (κ3) is 5.14. The highest BCUT2D eigenvalue weighted by Gasteiger charge is 2.12. The van der Waals surface area contributed by atoms with Crippen molar-refractivity contribution in [2.24, 2.45) is 0 Å². The third-order valence-corrected chi connectivity index (χ3v) is 4.90. The zero-order valence-corrected chi connectivity index (χ0v) is 16.7. The Morgan fingerprint density at radius 3 is 2.50 bits per heavy atom. The highest BCUT2D eigenvalue weighted by Crippen LogP contribution is 2.25. The van der Waals surface area contributed by atoms with Crippen LogP contribution in [0.3, 0.4) is 0 Å². The van der Waals surface area contributed by atoms with Crippen LogP contribution in [0.1, 0.15) is 29.5 Å². The molecule has 6 heteroatoms. The molecule has 0 aliphatic carbocycles. The van der Waals surface area contributed by atoms with Gasteiger partial charge >= 0.3 is 0 Å². The molecule has 146 valence electrons. The van der Waals surface area contributed by atoms with Crippen molar-refractivity contribution in [2.75, 3.05) is 11.9 Å². The van der Waals surface area contributed by atoms with Gasteiger partial charge in [-0.1, -0.05) is 11.6 Å². The molecule has 0 unspecified atom stereocenters. The third-order valence-electron chi connectivity index (χ3n) is 4.65. The van der Waals surface area contributed by atoms with E-state index in [9.17, 15) is 9.59 Å². The van der Waals surface area contributed by atoms with E-state index in [0.29, 0.717) is 30.1 Å². The summed E-state index contributed by atoms with van der Waals surface area (Å²) in [5.41, 5.74) is 4.70. The maximum atomic E-state index is 12.2. The quantitative estimate of drug-likeness (QED) is 0.562. The van der Waals surface area contributed by atoms with Crippen LogP contribution >= 0.6 is 11.6 Å². The first-order valence-corrected chi connectivity index (χ1v) is 9.59. The first-order valence-electron chi connectivity index (χ1n) is 9.22. The number of carbonyl (C=O) groups is 2. The van der Waals surface area contributed by atoms with Gasteiger partial charge < -0.3 is 15.1 Å². The van der Waals surface area contributed by atoms with Gasteiger partial charge in [-0.3, -0.25) is 9.59 Å². The number of furan rings is 1. The number of hydrogen-bond acceptors (Lipinski definition) is 3. The van der Waals surface area contributed by atoms with Gasteiger partial charge in [0.05, 0.1) is 12.7 Å². The summed E-state index contributed by atoms with van der Waals surface area (Å²) < 4.78 is 5.57. The van der Waals surface area contributed by atoms with Crippen molar-refractivity contribution in [2.45, 2.75) is 33.1 Å². The fourth-order valence-corrected chi connectivity index (χ4v) is 3.07. The lowest BCUT2D eigenvalue weighted by atomic mass is 10.0. The summed E-state index contributed by atoms with van der Waals surface area (Å²) in [7, 11) is 0. The highest BCUT2D eigenvalue weighted by molar-refractivity contribution is 6.30. The summed E-state index contributed by atoms with van der Waals surface area (Å²) in [6.07, 6.45) is 2.79. The average molecular weight is 399 g/mol. The summed E-state index contributed by atoms with van der Waals surface area (Å²) in [5, 5.41) is 7.26. The number of nitrogens with one attached hydrogen (secondary N) is 2. The maximum Gasteiger partial charge on any atom is 0.224 e. The predicted molar refractivity (Wildman–Crippen MR) is 112 cm³/mol. The van der Waals surface area contributed by atoms with Crippen LogP contribution in [0.5, 0.6) is 0 Å². The number of amides is 2. The lowest BCUT2D eigenvalue weighted by Crippen LogP contribution is -2.26. The minimum absolute atomic E-state index is 0.0842. The Kier molecular flexibility index (Phi) is 6.37. The Hall–Kier alpha value is -2.79. The summed E-state index contributed by atoms with van der Waals surface area (Å²) in [6.45, 7) is 4.52. The van der Waals surface area contributed by atoms with E-state index in [1.165, 1.54) is 5.56 Å². The molecule has 0 saturated carbocycles. The van der Waals surface area contributed by atoms with E-state index < -0.39 is 0 Å². The summed E-state index contributed by atoms with van der Waals surface area (Å²) in [6, 6.07) is 11.0. The molecule has 28 heavy (non-hydrogen) atoms. The Labute approximate surface area is 169 Å². The largest absolute Gasteiger partial charge is 0.464 e. The van der Waals surface area contributed by atoms with Crippen LogP contribution in [0.4, 0.5) is 5.69 Å². The Morgan fingerprint density at radius 1 is 1.04 bits per heavy atom. The van der Waals surface area contributed by atoms with E-state index in [4.69, 9.17) is 16.0 Å². The zero-order valence-electron chi connectivity index (χ0n) is 16.0. The zero-order chi connectivity index (χ0) is 20.1. The number of rotatable bonds is 7. The monoisotopic (exact) mass is 398 g/mol. The molecule has 1 heterocycles. The minimum atomic E-state index is -0.0942. The second kappa shape index (κ2) is 8.93. The standard InChI is InChI=1S/C22H23ClN2O3/c1-14-10-19-16(13-28-20(19)11-15(14)2)12-22(27)24-9-3-4-21(26)25-18-7-5-17(23)6-8-18/h5-8,10-11,13H,3-4,9,12H2,1-2H3,(H,24,27)(H,25,26). The van der Waals surface area contributed by atoms with Crippen molar-refractivity contribution in [1.82, 2.24) is 5.32 Å². The van der Waals surface area contributed by atoms with Crippen LogP contribution < -0.4 is 10.6 Å². The molecule has 0 atom stereocenters. The van der Waals surface area contributed by atoms with Gasteiger partial charge in [0, 0.05) is 34.6 Å². The van der Waals surface area contributed by atoms with Crippen LogP contribution in [0.2, 0.25) is 5.02 Å². The molecule has 2 N–H and O–H groups in total. The van der Waals surface area contributed by atoms with Crippen molar-refractivity contribution < 1.29 is 14.0 Å². The number of benzene rings is 2. The van der Waals surface area contributed by atoms with E-state index in [-0.39, 0.29) is 18.2 Å². The molecule has 3 rings (SSSR count).